The van der Waals surface area contributed by atoms with Crippen LogP contribution in [0.15, 0.2) is 279 Å². The Kier molecular flexibility index (Phi) is 14.2. The van der Waals surface area contributed by atoms with Gasteiger partial charge in [-0.05, 0) is 94.0 Å². The maximum absolute atomic E-state index is 5.16. The molecule has 0 N–H and O–H groups in total. The minimum atomic E-state index is -0.890. The number of aromatic nitrogens is 12. The minimum absolute atomic E-state index is 0.607. The normalized spacial score (nSPS) is 11.8. The first-order valence-corrected chi connectivity index (χ1v) is 29.3. The molecule has 0 aliphatic rings. The van der Waals surface area contributed by atoms with Gasteiger partial charge in [-0.2, -0.15) is 4.63 Å². The van der Waals surface area contributed by atoms with Crippen LogP contribution in [0, 0.1) is 0 Å². The van der Waals surface area contributed by atoms with E-state index in [-0.39, 0.29) is 0 Å². The van der Waals surface area contributed by atoms with Gasteiger partial charge in [0.25, 0.3) is 0 Å². The van der Waals surface area contributed by atoms with Gasteiger partial charge in [0, 0.05) is 35.2 Å². The van der Waals surface area contributed by atoms with Crippen molar-refractivity contribution in [1.29, 1.82) is 0 Å². The summed E-state index contributed by atoms with van der Waals surface area (Å²) in [6.45, 7) is 4.94. The van der Waals surface area contributed by atoms with Crippen molar-refractivity contribution in [2.75, 3.05) is 0 Å². The van der Waals surface area contributed by atoms with Gasteiger partial charge in [-0.3, -0.25) is 4.68 Å². The van der Waals surface area contributed by atoms with Gasteiger partial charge in [0.1, 0.15) is 11.1 Å². The Morgan fingerprint density at radius 2 is 0.709 bits per heavy atom. The molecule has 0 amide bonds. The van der Waals surface area contributed by atoms with E-state index in [1.165, 1.54) is 16.8 Å². The molecule has 14 rings (SSSR count). The Bertz CT molecular complexity index is 4090. The molecule has 0 saturated heterocycles. The third-order valence-corrected chi connectivity index (χ3v) is 16.7. The number of benzene rings is 10. The van der Waals surface area contributed by atoms with Crippen LogP contribution >= 0.6 is 0 Å². The lowest BCUT2D eigenvalue weighted by atomic mass is 9.77. The fourth-order valence-electron chi connectivity index (χ4n) is 12.8. The zero-order valence-corrected chi connectivity index (χ0v) is 47.8. The zero-order valence-electron chi connectivity index (χ0n) is 47.8. The van der Waals surface area contributed by atoms with E-state index >= 15 is 0 Å². The van der Waals surface area contributed by atoms with E-state index in [4.69, 9.17) is 30.7 Å². The monoisotopic (exact) mass is 1120 g/mol. The third kappa shape index (κ3) is 9.19. The SMILES string of the molecule is CCc1nc2c(Cc3ccc(-c4ccccc4-c4nnnn4C(c4ccccc4)(c4ccccc4)c4ccccc4)cc3)c(CC)n(Cc3ccc(-c4ccccc4-c4nnnn4C(c4ccccc4)(c4ccccc4)c4ccccc4)cc3)n2n1. The van der Waals surface area contributed by atoms with E-state index in [1.807, 2.05) is 50.4 Å². The number of tetrazole rings is 2. The number of hydrogen-bond acceptors (Lipinski definition) is 8. The van der Waals surface area contributed by atoms with Gasteiger partial charge < -0.3 is 0 Å². The second-order valence-electron chi connectivity index (χ2n) is 21.5. The van der Waals surface area contributed by atoms with Crippen molar-refractivity contribution in [2.45, 2.75) is 50.7 Å². The average molecular weight is 1120 g/mol. The van der Waals surface area contributed by atoms with Crippen LogP contribution in [0.3, 0.4) is 0 Å². The molecule has 0 aliphatic heterocycles. The molecule has 0 aliphatic carbocycles. The molecule has 10 aromatic carbocycles. The van der Waals surface area contributed by atoms with Gasteiger partial charge in [0.05, 0.1) is 6.54 Å². The second-order valence-corrected chi connectivity index (χ2v) is 21.5. The molecule has 0 unspecified atom stereocenters. The molecule has 416 valence electrons. The van der Waals surface area contributed by atoms with Crippen LogP contribution in [0.2, 0.25) is 0 Å². The standard InChI is InChI=1S/C74H60N12/c1-3-68-67(51-53-43-47-55(48-44-53)63-39-23-25-41-65(63)71-76-79-81-84(71)73(57-27-11-5-12-28-57,58-29-13-6-14-30-58)59-31-15-7-16-32-59)70-75-69(4-2)78-86(70)83(68)52-54-45-49-56(50-46-54)64-40-24-26-42-66(64)72-77-80-82-85(72)74(60-33-17-8-18-34-60,61-35-19-9-20-36-61)62-37-21-10-22-38-62/h5-50H,3-4,51-52H2,1-2H3. The Morgan fingerprint density at radius 1 is 0.360 bits per heavy atom. The first-order chi connectivity index (χ1) is 42.6. The summed E-state index contributed by atoms with van der Waals surface area (Å²) in [5.74, 6) is 2.12. The van der Waals surface area contributed by atoms with Crippen LogP contribution in [0.1, 0.15) is 75.4 Å². The predicted molar refractivity (Wildman–Crippen MR) is 338 cm³/mol. The van der Waals surface area contributed by atoms with E-state index in [2.05, 4.69) is 272 Å². The van der Waals surface area contributed by atoms with Crippen LogP contribution in [-0.4, -0.2) is 59.8 Å². The highest BCUT2D eigenvalue weighted by Crippen LogP contribution is 2.46. The molecule has 0 saturated carbocycles. The summed E-state index contributed by atoms with van der Waals surface area (Å²) in [5, 5.41) is 33.3. The number of rotatable bonds is 18. The molecule has 0 fully saturated rings. The topological polar surface area (TPSA) is 122 Å². The number of hydrogen-bond donors (Lipinski definition) is 0. The minimum Gasteiger partial charge on any atom is -0.263 e. The first kappa shape index (κ1) is 53.1. The van der Waals surface area contributed by atoms with E-state index in [0.717, 1.165) is 96.6 Å². The lowest BCUT2D eigenvalue weighted by molar-refractivity contribution is 0.451. The summed E-state index contributed by atoms with van der Waals surface area (Å²) in [6.07, 6.45) is 2.21. The highest BCUT2D eigenvalue weighted by atomic mass is 15.6. The Morgan fingerprint density at radius 3 is 1.07 bits per heavy atom. The van der Waals surface area contributed by atoms with E-state index in [1.54, 1.807) is 0 Å². The largest absolute Gasteiger partial charge is 0.263 e. The molecule has 4 aromatic heterocycles. The number of nitrogens with zero attached hydrogens (tertiary/aromatic N) is 12. The third-order valence-electron chi connectivity index (χ3n) is 16.7. The zero-order chi connectivity index (χ0) is 57.9. The second kappa shape index (κ2) is 23.0. The lowest BCUT2D eigenvalue weighted by Crippen LogP contribution is -2.39. The first-order valence-electron chi connectivity index (χ1n) is 29.3. The van der Waals surface area contributed by atoms with Crippen LogP contribution in [0.25, 0.3) is 50.7 Å². The van der Waals surface area contributed by atoms with Gasteiger partial charge >= 0.3 is 0 Å². The molecule has 12 heteroatoms. The van der Waals surface area contributed by atoms with Crippen molar-refractivity contribution in [3.05, 3.63) is 341 Å². The van der Waals surface area contributed by atoms with E-state index in [9.17, 15) is 0 Å². The fraction of sp³-hybridized carbons (Fsp3) is 0.108. The maximum Gasteiger partial charge on any atom is 0.184 e. The van der Waals surface area contributed by atoms with Crippen molar-refractivity contribution in [3.8, 4) is 45.0 Å². The van der Waals surface area contributed by atoms with Crippen LogP contribution in [0.5, 0.6) is 0 Å². The van der Waals surface area contributed by atoms with Crippen molar-refractivity contribution >= 4 is 5.65 Å². The highest BCUT2D eigenvalue weighted by Gasteiger charge is 2.44. The van der Waals surface area contributed by atoms with Crippen molar-refractivity contribution in [1.82, 2.24) is 59.8 Å². The van der Waals surface area contributed by atoms with Crippen molar-refractivity contribution in [2.24, 2.45) is 0 Å². The summed E-state index contributed by atoms with van der Waals surface area (Å²) in [4.78, 5) is 5.16. The smallest absolute Gasteiger partial charge is 0.184 e. The molecule has 0 spiro atoms. The molecule has 0 radical (unpaired) electrons. The van der Waals surface area contributed by atoms with Gasteiger partial charge in [-0.15, -0.1) is 15.3 Å². The van der Waals surface area contributed by atoms with E-state index in [0.29, 0.717) is 24.6 Å². The van der Waals surface area contributed by atoms with Gasteiger partial charge in [-0.25, -0.2) is 14.3 Å². The molecular formula is C74H60N12. The number of aryl methyl sites for hydroxylation is 1. The molecule has 0 atom stereocenters. The molecule has 0 bridgehead atoms. The van der Waals surface area contributed by atoms with Crippen LogP contribution in [0.4, 0.5) is 0 Å². The van der Waals surface area contributed by atoms with Gasteiger partial charge in [0.2, 0.25) is 0 Å². The fourth-order valence-corrected chi connectivity index (χ4v) is 12.8. The maximum atomic E-state index is 5.16. The average Bonchev–Trinajstić information content (AvgIpc) is 1.29. The van der Waals surface area contributed by atoms with E-state index < -0.39 is 11.1 Å². The summed E-state index contributed by atoms with van der Waals surface area (Å²) in [7, 11) is 0. The van der Waals surface area contributed by atoms with Crippen LogP contribution < -0.4 is 0 Å². The lowest BCUT2D eigenvalue weighted by Gasteiger charge is -2.36. The predicted octanol–water partition coefficient (Wildman–Crippen LogP) is 14.6. The Balaban J connectivity index is 0.781. The highest BCUT2D eigenvalue weighted by molar-refractivity contribution is 5.82. The molecule has 14 aromatic rings. The van der Waals surface area contributed by atoms with Crippen LogP contribution in [-0.2, 0) is 36.9 Å². The Hall–Kier alpha value is -11.0. The molecule has 86 heavy (non-hydrogen) atoms. The summed E-state index contributed by atoms with van der Waals surface area (Å²) < 4.78 is 8.34. The quantitative estimate of drug-likeness (QED) is 0.0779. The summed E-state index contributed by atoms with van der Waals surface area (Å²) in [5.41, 5.74) is 16.1. The summed E-state index contributed by atoms with van der Waals surface area (Å²) in [6, 6.07) is 97.7. The van der Waals surface area contributed by atoms with Crippen molar-refractivity contribution in [3.63, 3.8) is 0 Å². The molecule has 4 heterocycles. The number of fused-ring (bicyclic) bond motifs is 1. The van der Waals surface area contributed by atoms with Gasteiger partial charge in [0.15, 0.2) is 23.1 Å². The Labute approximate surface area is 499 Å². The summed E-state index contributed by atoms with van der Waals surface area (Å²) >= 11 is 0. The molecular weight excluding hydrogens is 1060 g/mol. The van der Waals surface area contributed by atoms with Gasteiger partial charge in [-0.1, -0.05) is 293 Å². The van der Waals surface area contributed by atoms with Crippen molar-refractivity contribution < 1.29 is 0 Å². The molecule has 12 nitrogen and oxygen atoms in total.